The van der Waals surface area contributed by atoms with E-state index in [0.29, 0.717) is 23.9 Å². The number of unbranched alkanes of at least 4 members (excludes halogenated alkanes) is 20. The average Bonchev–Trinajstić information content (AvgIpc) is 3.10. The van der Waals surface area contributed by atoms with Crippen molar-refractivity contribution >= 4 is 13.7 Å². The fourth-order valence-electron chi connectivity index (χ4n) is 6.06. The van der Waals surface area contributed by atoms with Crippen LogP contribution in [0.3, 0.4) is 0 Å². The molecule has 0 spiro atoms. The molecule has 3 atom stereocenters. The normalized spacial score (nSPS) is 14.8. The smallest absolute Gasteiger partial charge is 0.268 e. The molecule has 1 unspecified atom stereocenters. The third-order valence-electron chi connectivity index (χ3n) is 9.60. The van der Waals surface area contributed by atoms with Crippen molar-refractivity contribution in [3.05, 3.63) is 36.5 Å². The minimum atomic E-state index is -4.57. The van der Waals surface area contributed by atoms with Crippen LogP contribution in [0.15, 0.2) is 36.5 Å². The van der Waals surface area contributed by atoms with Crippen molar-refractivity contribution < 1.29 is 32.9 Å². The molecule has 0 aromatic heterocycles. The van der Waals surface area contributed by atoms with Crippen LogP contribution < -0.4 is 10.2 Å². The standard InChI is InChI=1S/C44H85N2O6P/c1-6-8-10-12-14-16-18-20-22-24-25-27-29-31-33-35-37-43(47)42(41-52-53(49,50)51-40-39-46(3,4)5)45-44(48)38-36-34-32-30-28-26-23-21-19-17-15-13-11-9-7-2/h15,17,21,23,27,29,42-43,47H,6-14,16,18-20,22,24-26,28,30-41H2,1-5H3,(H-,45,48,49,50)/b17-15+,23-21+,29-27+/t42-,43+/m0/s1. The third kappa shape index (κ3) is 38.8. The Morgan fingerprint density at radius 1 is 0.660 bits per heavy atom. The second-order valence-electron chi connectivity index (χ2n) is 16.0. The molecule has 0 heterocycles. The number of rotatable bonds is 39. The largest absolute Gasteiger partial charge is 0.756 e. The summed E-state index contributed by atoms with van der Waals surface area (Å²) in [6.07, 6.45) is 42.9. The lowest BCUT2D eigenvalue weighted by Crippen LogP contribution is -2.46. The van der Waals surface area contributed by atoms with E-state index in [1.54, 1.807) is 0 Å². The van der Waals surface area contributed by atoms with Crippen molar-refractivity contribution in [1.29, 1.82) is 0 Å². The van der Waals surface area contributed by atoms with E-state index in [1.165, 1.54) is 89.9 Å². The first kappa shape index (κ1) is 51.7. The van der Waals surface area contributed by atoms with Gasteiger partial charge in [-0.2, -0.15) is 0 Å². The van der Waals surface area contributed by atoms with Gasteiger partial charge in [-0.25, -0.2) is 0 Å². The molecule has 53 heavy (non-hydrogen) atoms. The Bertz CT molecular complexity index is 964. The molecule has 0 bridgehead atoms. The van der Waals surface area contributed by atoms with Crippen molar-refractivity contribution in [2.75, 3.05) is 40.9 Å². The van der Waals surface area contributed by atoms with E-state index in [-0.39, 0.29) is 19.1 Å². The summed E-state index contributed by atoms with van der Waals surface area (Å²) in [7, 11) is 1.27. The van der Waals surface area contributed by atoms with Crippen LogP contribution in [0.5, 0.6) is 0 Å². The molecule has 9 heteroatoms. The van der Waals surface area contributed by atoms with E-state index < -0.39 is 20.0 Å². The summed E-state index contributed by atoms with van der Waals surface area (Å²) in [5.74, 6) is -0.190. The molecule has 0 aliphatic heterocycles. The van der Waals surface area contributed by atoms with E-state index in [1.807, 2.05) is 21.1 Å². The van der Waals surface area contributed by atoms with Gasteiger partial charge in [0.25, 0.3) is 7.82 Å². The highest BCUT2D eigenvalue weighted by atomic mass is 31.2. The maximum atomic E-state index is 12.8. The highest BCUT2D eigenvalue weighted by Crippen LogP contribution is 2.38. The summed E-state index contributed by atoms with van der Waals surface area (Å²) < 4.78 is 23.2. The van der Waals surface area contributed by atoms with E-state index in [9.17, 15) is 19.4 Å². The SMILES string of the molecule is CCCCC/C=C/C/C=C/CCCCCCCC(=O)N[C@@H](COP(=O)([O-])OCC[N+](C)(C)C)[C@H](O)CCCC/C=C/CCCCCCCCCCCC. The fourth-order valence-corrected chi connectivity index (χ4v) is 6.79. The number of aliphatic hydroxyl groups excluding tert-OH is 1. The summed E-state index contributed by atoms with van der Waals surface area (Å²) in [5.41, 5.74) is 0. The maximum absolute atomic E-state index is 12.8. The van der Waals surface area contributed by atoms with Crippen LogP contribution in [0.25, 0.3) is 0 Å². The van der Waals surface area contributed by atoms with Crippen LogP contribution >= 0.6 is 7.82 Å². The van der Waals surface area contributed by atoms with Crippen LogP contribution in [-0.4, -0.2) is 68.5 Å². The number of phosphoric acid groups is 1. The predicted octanol–water partition coefficient (Wildman–Crippen LogP) is 11.3. The molecular weight excluding hydrogens is 683 g/mol. The quantitative estimate of drug-likeness (QED) is 0.0279. The number of hydrogen-bond acceptors (Lipinski definition) is 6. The summed E-state index contributed by atoms with van der Waals surface area (Å²) in [4.78, 5) is 25.3. The number of hydrogen-bond donors (Lipinski definition) is 2. The summed E-state index contributed by atoms with van der Waals surface area (Å²) in [5, 5.41) is 13.9. The van der Waals surface area contributed by atoms with Crippen LogP contribution in [0, 0.1) is 0 Å². The molecule has 0 saturated heterocycles. The number of aliphatic hydroxyl groups is 1. The molecule has 0 radical (unpaired) electrons. The number of carbonyl (C=O) groups is 1. The van der Waals surface area contributed by atoms with E-state index in [2.05, 4.69) is 55.6 Å². The van der Waals surface area contributed by atoms with Gasteiger partial charge in [0.1, 0.15) is 13.2 Å². The zero-order chi connectivity index (χ0) is 39.3. The number of quaternary nitrogens is 1. The molecule has 0 aliphatic carbocycles. The van der Waals surface area contributed by atoms with Crippen molar-refractivity contribution in [3.63, 3.8) is 0 Å². The summed E-state index contributed by atoms with van der Waals surface area (Å²) in [6.45, 7) is 4.65. The van der Waals surface area contributed by atoms with Gasteiger partial charge in [-0.3, -0.25) is 9.36 Å². The molecular formula is C44H85N2O6P. The maximum Gasteiger partial charge on any atom is 0.268 e. The van der Waals surface area contributed by atoms with Gasteiger partial charge in [0.05, 0.1) is 39.9 Å². The molecule has 8 nitrogen and oxygen atoms in total. The summed E-state index contributed by atoms with van der Waals surface area (Å²) in [6, 6.07) is -0.823. The third-order valence-corrected chi connectivity index (χ3v) is 10.6. The van der Waals surface area contributed by atoms with Gasteiger partial charge < -0.3 is 28.8 Å². The van der Waals surface area contributed by atoms with E-state index >= 15 is 0 Å². The van der Waals surface area contributed by atoms with Crippen LogP contribution in [-0.2, 0) is 18.4 Å². The molecule has 0 rings (SSSR count). The van der Waals surface area contributed by atoms with Gasteiger partial charge in [-0.15, -0.1) is 0 Å². The number of nitrogens with zero attached hydrogens (tertiary/aromatic N) is 1. The second kappa shape index (κ2) is 36.4. The minimum Gasteiger partial charge on any atom is -0.756 e. The van der Waals surface area contributed by atoms with Crippen molar-refractivity contribution in [1.82, 2.24) is 5.32 Å². The molecule has 0 saturated carbocycles. The lowest BCUT2D eigenvalue weighted by atomic mass is 10.0. The number of nitrogens with one attached hydrogen (secondary N) is 1. The molecule has 0 aromatic rings. The van der Waals surface area contributed by atoms with Crippen molar-refractivity contribution in [2.24, 2.45) is 0 Å². The summed E-state index contributed by atoms with van der Waals surface area (Å²) >= 11 is 0. The Hall–Kier alpha value is -1.28. The van der Waals surface area contributed by atoms with E-state index in [0.717, 1.165) is 70.6 Å². The van der Waals surface area contributed by atoms with E-state index in [4.69, 9.17) is 9.05 Å². The number of carbonyl (C=O) groups excluding carboxylic acids is 1. The lowest BCUT2D eigenvalue weighted by Gasteiger charge is -2.30. The number of amides is 1. The van der Waals surface area contributed by atoms with Crippen molar-refractivity contribution in [3.8, 4) is 0 Å². The fraction of sp³-hybridized carbons (Fsp3) is 0.841. The van der Waals surface area contributed by atoms with Gasteiger partial charge in [0.15, 0.2) is 0 Å². The van der Waals surface area contributed by atoms with Crippen LogP contribution in [0.2, 0.25) is 0 Å². The molecule has 0 fully saturated rings. The molecule has 312 valence electrons. The first-order valence-corrected chi connectivity index (χ1v) is 23.3. The zero-order valence-electron chi connectivity index (χ0n) is 35.2. The van der Waals surface area contributed by atoms with Gasteiger partial charge in [0.2, 0.25) is 5.91 Å². The Kier molecular flexibility index (Phi) is 35.5. The van der Waals surface area contributed by atoms with Gasteiger partial charge >= 0.3 is 0 Å². The average molecular weight is 769 g/mol. The highest BCUT2D eigenvalue weighted by molar-refractivity contribution is 7.45. The topological polar surface area (TPSA) is 108 Å². The minimum absolute atomic E-state index is 0.00337. The Morgan fingerprint density at radius 3 is 1.62 bits per heavy atom. The lowest BCUT2D eigenvalue weighted by molar-refractivity contribution is -0.870. The molecule has 0 aliphatic rings. The number of phosphoric ester groups is 1. The molecule has 1 amide bonds. The molecule has 2 N–H and O–H groups in total. The predicted molar refractivity (Wildman–Crippen MR) is 224 cm³/mol. The Morgan fingerprint density at radius 2 is 1.09 bits per heavy atom. The van der Waals surface area contributed by atoms with Crippen LogP contribution in [0.4, 0.5) is 0 Å². The Balaban J connectivity index is 4.46. The van der Waals surface area contributed by atoms with Gasteiger partial charge in [-0.05, 0) is 70.6 Å². The second-order valence-corrected chi connectivity index (χ2v) is 17.4. The zero-order valence-corrected chi connectivity index (χ0v) is 36.1. The first-order chi connectivity index (χ1) is 25.5. The van der Waals surface area contributed by atoms with Gasteiger partial charge in [-0.1, -0.05) is 147 Å². The molecule has 0 aromatic carbocycles. The first-order valence-electron chi connectivity index (χ1n) is 21.8. The van der Waals surface area contributed by atoms with Gasteiger partial charge in [0, 0.05) is 6.42 Å². The number of likely N-dealkylation sites (N-methyl/N-ethyl adjacent to an activating group) is 1. The number of allylic oxidation sites excluding steroid dienone is 6. The van der Waals surface area contributed by atoms with Crippen molar-refractivity contribution in [2.45, 2.75) is 199 Å². The highest BCUT2D eigenvalue weighted by Gasteiger charge is 2.24. The van der Waals surface area contributed by atoms with Crippen LogP contribution in [0.1, 0.15) is 187 Å². The monoisotopic (exact) mass is 769 g/mol. The Labute approximate surface area is 327 Å².